The zero-order valence-electron chi connectivity index (χ0n) is 12.1. The largest absolute Gasteiger partial charge is 0.496 e. The van der Waals surface area contributed by atoms with Crippen molar-refractivity contribution in [2.24, 2.45) is 0 Å². The van der Waals surface area contributed by atoms with Gasteiger partial charge in [-0.15, -0.1) is 0 Å². The summed E-state index contributed by atoms with van der Waals surface area (Å²) in [6.45, 7) is 8.17. The minimum atomic E-state index is -0.697. The fourth-order valence-electron chi connectivity index (χ4n) is 2.51. The molecule has 20 heavy (non-hydrogen) atoms. The summed E-state index contributed by atoms with van der Waals surface area (Å²) in [6, 6.07) is 3.52. The highest BCUT2D eigenvalue weighted by atomic mass is 35.5. The van der Waals surface area contributed by atoms with Crippen molar-refractivity contribution in [3.63, 3.8) is 0 Å². The lowest BCUT2D eigenvalue weighted by molar-refractivity contribution is 0.00578. The Morgan fingerprint density at radius 3 is 2.40 bits per heavy atom. The van der Waals surface area contributed by atoms with Crippen LogP contribution in [0.3, 0.4) is 0 Å². The van der Waals surface area contributed by atoms with Crippen molar-refractivity contribution < 1.29 is 19.2 Å². The summed E-state index contributed by atoms with van der Waals surface area (Å²) in [4.78, 5) is 0. The van der Waals surface area contributed by atoms with Crippen molar-refractivity contribution in [3.8, 4) is 5.75 Å². The van der Waals surface area contributed by atoms with Crippen LogP contribution >= 0.6 is 11.6 Å². The number of fused-ring (bicyclic) bond motifs is 1. The summed E-state index contributed by atoms with van der Waals surface area (Å²) < 4.78 is 17.5. The molecule has 6 heteroatoms. The van der Waals surface area contributed by atoms with Gasteiger partial charge in [0.15, 0.2) is 0 Å². The molecule has 1 atom stereocenters. The molecule has 0 spiro atoms. The Labute approximate surface area is 124 Å². The van der Waals surface area contributed by atoms with E-state index in [0.29, 0.717) is 21.8 Å². The first kappa shape index (κ1) is 14.2. The third kappa shape index (κ3) is 1.96. The van der Waals surface area contributed by atoms with Crippen molar-refractivity contribution >= 4 is 24.2 Å². The van der Waals surface area contributed by atoms with Gasteiger partial charge in [-0.05, 0) is 39.8 Å². The Hall–Kier alpha value is -0.745. The van der Waals surface area contributed by atoms with Crippen LogP contribution in [0.2, 0.25) is 5.02 Å². The molecule has 0 amide bonds. The van der Waals surface area contributed by atoms with Crippen LogP contribution in [0.5, 0.6) is 5.75 Å². The summed E-state index contributed by atoms with van der Waals surface area (Å²) in [5.41, 5.74) is 0.450. The van der Waals surface area contributed by atoms with E-state index in [1.54, 1.807) is 12.1 Å². The minimum absolute atomic E-state index is 0.238. The second-order valence-electron chi connectivity index (χ2n) is 6.29. The normalized spacial score (nSPS) is 26.5. The Kier molecular flexibility index (Phi) is 3.11. The first-order valence-electron chi connectivity index (χ1n) is 6.72. The molecular weight excluding hydrogens is 278 g/mol. The minimum Gasteiger partial charge on any atom is -0.490 e. The number of ether oxygens (including phenoxy) is 1. The molecule has 3 rings (SSSR count). The van der Waals surface area contributed by atoms with E-state index in [1.807, 2.05) is 27.7 Å². The van der Waals surface area contributed by atoms with E-state index >= 15 is 0 Å². The van der Waals surface area contributed by atoms with Gasteiger partial charge in [0.05, 0.1) is 11.2 Å². The van der Waals surface area contributed by atoms with E-state index in [4.69, 9.17) is 25.6 Å². The zero-order chi connectivity index (χ0) is 14.7. The highest BCUT2D eigenvalue weighted by Crippen LogP contribution is 2.40. The average molecular weight is 297 g/mol. The maximum atomic E-state index is 10.1. The molecule has 2 aliphatic rings. The Balaban J connectivity index is 2.07. The Morgan fingerprint density at radius 1 is 1.20 bits per heavy atom. The third-order valence-corrected chi connectivity index (χ3v) is 4.74. The van der Waals surface area contributed by atoms with Crippen LogP contribution in [-0.4, -0.2) is 30.0 Å². The predicted molar refractivity (Wildman–Crippen MR) is 77.6 cm³/mol. The molecule has 1 N–H and O–H groups in total. The number of rotatable bonds is 1. The van der Waals surface area contributed by atoms with Crippen LogP contribution in [0, 0.1) is 0 Å². The van der Waals surface area contributed by atoms with Gasteiger partial charge < -0.3 is 19.2 Å². The molecule has 1 saturated heterocycles. The number of aliphatic hydroxyl groups is 1. The van der Waals surface area contributed by atoms with Crippen LogP contribution in [-0.2, 0) is 9.31 Å². The molecule has 2 aliphatic heterocycles. The maximum Gasteiger partial charge on any atom is 0.496 e. The van der Waals surface area contributed by atoms with Crippen LogP contribution in [0.1, 0.15) is 39.4 Å². The van der Waals surface area contributed by atoms with Gasteiger partial charge in [-0.25, -0.2) is 0 Å². The quantitative estimate of drug-likeness (QED) is 0.806. The van der Waals surface area contributed by atoms with E-state index in [0.717, 1.165) is 0 Å². The lowest BCUT2D eigenvalue weighted by Gasteiger charge is -2.32. The summed E-state index contributed by atoms with van der Waals surface area (Å²) in [5.74, 6) is 0.645. The Morgan fingerprint density at radius 2 is 1.80 bits per heavy atom. The van der Waals surface area contributed by atoms with E-state index in [1.165, 1.54) is 0 Å². The van der Waals surface area contributed by atoms with Crippen LogP contribution in [0.15, 0.2) is 12.1 Å². The first-order valence-corrected chi connectivity index (χ1v) is 7.09. The average Bonchev–Trinajstić information content (AvgIpc) is 2.78. The monoisotopic (exact) mass is 296 g/mol. The molecule has 0 saturated carbocycles. The second kappa shape index (κ2) is 4.37. The summed E-state index contributed by atoms with van der Waals surface area (Å²) in [6.07, 6.45) is -0.697. The zero-order valence-corrected chi connectivity index (χ0v) is 12.8. The number of halogens is 1. The molecule has 1 aromatic carbocycles. The van der Waals surface area contributed by atoms with Crippen molar-refractivity contribution in [3.05, 3.63) is 22.7 Å². The van der Waals surface area contributed by atoms with Gasteiger partial charge in [0, 0.05) is 16.0 Å². The molecule has 108 valence electrons. The lowest BCUT2D eigenvalue weighted by atomic mass is 9.74. The van der Waals surface area contributed by atoms with Crippen molar-refractivity contribution in [2.75, 3.05) is 6.61 Å². The van der Waals surface area contributed by atoms with Gasteiger partial charge in [0.25, 0.3) is 0 Å². The van der Waals surface area contributed by atoms with Gasteiger partial charge >= 0.3 is 7.12 Å². The Bertz CT molecular complexity index is 542. The van der Waals surface area contributed by atoms with Crippen molar-refractivity contribution in [2.45, 2.75) is 45.0 Å². The lowest BCUT2D eigenvalue weighted by Crippen LogP contribution is -2.41. The highest BCUT2D eigenvalue weighted by Gasteiger charge is 2.53. The standard InChI is InChI=1S/C14H18BClO4/c1-13(2)14(3,4)20-15(19-13)12-8(16)5-6-10-11(12)9(17)7-18-10/h5-6,9,17H,7H2,1-4H3/t9-/m1/s1. The van der Waals surface area contributed by atoms with Gasteiger partial charge in [-0.1, -0.05) is 11.6 Å². The predicted octanol–water partition coefficient (Wildman–Crippen LogP) is 2.06. The fourth-order valence-corrected chi connectivity index (χ4v) is 2.77. The molecule has 2 heterocycles. The highest BCUT2D eigenvalue weighted by molar-refractivity contribution is 6.66. The topological polar surface area (TPSA) is 47.9 Å². The SMILES string of the molecule is CC1(C)OB(c2c(Cl)ccc3c2[C@H](O)CO3)OC1(C)C. The van der Waals surface area contributed by atoms with Crippen LogP contribution in [0.25, 0.3) is 0 Å². The number of aliphatic hydroxyl groups excluding tert-OH is 1. The molecule has 0 bridgehead atoms. The molecule has 4 nitrogen and oxygen atoms in total. The summed E-state index contributed by atoms with van der Waals surface area (Å²) in [7, 11) is -0.598. The van der Waals surface area contributed by atoms with Gasteiger partial charge in [-0.2, -0.15) is 0 Å². The van der Waals surface area contributed by atoms with Crippen molar-refractivity contribution in [1.82, 2.24) is 0 Å². The number of hydrogen-bond donors (Lipinski definition) is 1. The molecule has 0 aliphatic carbocycles. The number of benzene rings is 1. The smallest absolute Gasteiger partial charge is 0.490 e. The van der Waals surface area contributed by atoms with E-state index in [2.05, 4.69) is 0 Å². The third-order valence-electron chi connectivity index (χ3n) is 4.41. The maximum absolute atomic E-state index is 10.1. The van der Waals surface area contributed by atoms with Crippen LogP contribution in [0.4, 0.5) is 0 Å². The van der Waals surface area contributed by atoms with Crippen molar-refractivity contribution in [1.29, 1.82) is 0 Å². The molecule has 0 aromatic heterocycles. The van der Waals surface area contributed by atoms with Crippen LogP contribution < -0.4 is 10.2 Å². The fraction of sp³-hybridized carbons (Fsp3) is 0.571. The molecule has 0 radical (unpaired) electrons. The van der Waals surface area contributed by atoms with E-state index in [-0.39, 0.29) is 6.61 Å². The van der Waals surface area contributed by atoms with Gasteiger partial charge in [0.2, 0.25) is 0 Å². The second-order valence-corrected chi connectivity index (χ2v) is 6.70. The molecular formula is C14H18BClO4. The van der Waals surface area contributed by atoms with Gasteiger partial charge in [0.1, 0.15) is 18.5 Å². The van der Waals surface area contributed by atoms with E-state index in [9.17, 15) is 5.11 Å². The van der Waals surface area contributed by atoms with E-state index < -0.39 is 24.4 Å². The number of hydrogen-bond acceptors (Lipinski definition) is 4. The molecule has 1 fully saturated rings. The molecule has 1 aromatic rings. The van der Waals surface area contributed by atoms with Gasteiger partial charge in [-0.3, -0.25) is 0 Å². The first-order chi connectivity index (χ1) is 9.23. The summed E-state index contributed by atoms with van der Waals surface area (Å²) >= 11 is 6.31. The molecule has 0 unspecified atom stereocenters. The summed E-state index contributed by atoms with van der Waals surface area (Å²) in [5, 5.41) is 10.6.